The lowest BCUT2D eigenvalue weighted by Crippen LogP contribution is -2.38. The molecule has 4 aromatic carbocycles. The third-order valence-electron chi connectivity index (χ3n) is 9.37. The molecule has 234 valence electrons. The zero-order chi connectivity index (χ0) is 31.6. The molecule has 46 heavy (non-hydrogen) atoms. The minimum atomic E-state index is -0.183. The molecule has 1 aromatic heterocycles. The molecular formula is C38H40N6O2. The van der Waals surface area contributed by atoms with Gasteiger partial charge in [0, 0.05) is 56.3 Å². The van der Waals surface area contributed by atoms with E-state index >= 15 is 0 Å². The zero-order valence-corrected chi connectivity index (χ0v) is 26.4. The van der Waals surface area contributed by atoms with Crippen molar-refractivity contribution < 1.29 is 4.79 Å². The Labute approximate surface area is 268 Å². The molecule has 2 aliphatic rings. The fourth-order valence-electron chi connectivity index (χ4n) is 6.81. The van der Waals surface area contributed by atoms with Crippen molar-refractivity contribution in [2.75, 3.05) is 24.5 Å². The first kappa shape index (κ1) is 29.7. The number of para-hydroxylation sites is 3. The van der Waals surface area contributed by atoms with Crippen LogP contribution in [0.4, 0.5) is 5.69 Å². The molecule has 2 atom stereocenters. The largest absolute Gasteiger partial charge is 0.356 e. The van der Waals surface area contributed by atoms with Crippen LogP contribution in [0, 0.1) is 0 Å². The van der Waals surface area contributed by atoms with E-state index in [-0.39, 0.29) is 29.7 Å². The summed E-state index contributed by atoms with van der Waals surface area (Å²) in [5.74, 6) is 0.180. The molecule has 5 aromatic rings. The molecule has 7 rings (SSSR count). The first-order valence-corrected chi connectivity index (χ1v) is 16.2. The molecule has 2 unspecified atom stereocenters. The third-order valence-corrected chi connectivity index (χ3v) is 9.37. The van der Waals surface area contributed by atoms with Crippen LogP contribution in [0.15, 0.2) is 107 Å². The van der Waals surface area contributed by atoms with Crippen molar-refractivity contribution in [1.82, 2.24) is 19.8 Å². The number of H-pyrrole nitrogens is 1. The zero-order valence-electron chi connectivity index (χ0n) is 26.4. The summed E-state index contributed by atoms with van der Waals surface area (Å²) < 4.78 is 1.95. The molecule has 1 fully saturated rings. The summed E-state index contributed by atoms with van der Waals surface area (Å²) in [6, 6.07) is 33.9. The highest BCUT2D eigenvalue weighted by atomic mass is 16.1. The number of benzene rings is 4. The molecule has 2 aliphatic heterocycles. The Morgan fingerprint density at radius 2 is 1.70 bits per heavy atom. The number of rotatable bonds is 8. The second-order valence-electron chi connectivity index (χ2n) is 12.6. The number of aromatic nitrogens is 2. The average molecular weight is 613 g/mol. The maximum Gasteiger partial charge on any atom is 0.326 e. The van der Waals surface area contributed by atoms with E-state index in [9.17, 15) is 9.59 Å². The lowest BCUT2D eigenvalue weighted by atomic mass is 9.99. The van der Waals surface area contributed by atoms with Gasteiger partial charge in [0.2, 0.25) is 5.91 Å². The number of carbonyl (C=O) groups is 1. The Kier molecular flexibility index (Phi) is 8.28. The van der Waals surface area contributed by atoms with Crippen LogP contribution in [0.25, 0.3) is 17.2 Å². The summed E-state index contributed by atoms with van der Waals surface area (Å²) in [6.45, 7) is 7.07. The Balaban J connectivity index is 1.08. The van der Waals surface area contributed by atoms with E-state index in [2.05, 4.69) is 100.0 Å². The highest BCUT2D eigenvalue weighted by Gasteiger charge is 2.25. The normalized spacial score (nSPS) is 17.6. The predicted molar refractivity (Wildman–Crippen MR) is 183 cm³/mol. The van der Waals surface area contributed by atoms with Gasteiger partial charge in [-0.25, -0.2) is 4.79 Å². The van der Waals surface area contributed by atoms with Crippen LogP contribution in [0.3, 0.4) is 0 Å². The number of likely N-dealkylation sites (tertiary alicyclic amines) is 1. The van der Waals surface area contributed by atoms with Crippen molar-refractivity contribution in [2.24, 2.45) is 4.99 Å². The second kappa shape index (κ2) is 12.8. The fourth-order valence-corrected chi connectivity index (χ4v) is 6.81. The quantitative estimate of drug-likeness (QED) is 0.259. The van der Waals surface area contributed by atoms with Gasteiger partial charge in [0.1, 0.15) is 0 Å². The molecule has 0 saturated carbocycles. The smallest absolute Gasteiger partial charge is 0.326 e. The van der Waals surface area contributed by atoms with Crippen molar-refractivity contribution in [3.05, 3.63) is 135 Å². The molecule has 3 heterocycles. The van der Waals surface area contributed by atoms with Gasteiger partial charge < -0.3 is 15.2 Å². The number of fused-ring (bicyclic) bond motifs is 2. The molecule has 0 spiro atoms. The summed E-state index contributed by atoms with van der Waals surface area (Å²) >= 11 is 0. The van der Waals surface area contributed by atoms with Crippen LogP contribution in [0.1, 0.15) is 61.5 Å². The number of nitrogens with zero attached hydrogens (tertiary/aromatic N) is 4. The van der Waals surface area contributed by atoms with Gasteiger partial charge in [-0.15, -0.1) is 0 Å². The summed E-state index contributed by atoms with van der Waals surface area (Å²) in [4.78, 5) is 37.1. The lowest BCUT2D eigenvalue weighted by Gasteiger charge is -2.33. The first-order chi connectivity index (χ1) is 22.4. The SMILES string of the molecule is CC(=O)NCC(C)c1ccc2c(c1)=CN(c1ccccc1)C(c1ccc(CN3CCC(n4c(=O)[nH]c5ccccc54)CC3)cc1)N=2. The summed E-state index contributed by atoms with van der Waals surface area (Å²) in [6.07, 6.45) is 3.93. The molecule has 8 heteroatoms. The van der Waals surface area contributed by atoms with E-state index < -0.39 is 0 Å². The van der Waals surface area contributed by atoms with Gasteiger partial charge in [-0.3, -0.25) is 19.3 Å². The third kappa shape index (κ3) is 6.13. The number of nitrogens with one attached hydrogen (secondary N) is 2. The number of carbonyl (C=O) groups excluding carboxylic acids is 1. The van der Waals surface area contributed by atoms with Crippen LogP contribution < -0.4 is 26.5 Å². The summed E-state index contributed by atoms with van der Waals surface area (Å²) in [5.41, 5.74) is 6.56. The molecule has 8 nitrogen and oxygen atoms in total. The van der Waals surface area contributed by atoms with Gasteiger partial charge in [-0.2, -0.15) is 0 Å². The first-order valence-electron chi connectivity index (χ1n) is 16.2. The molecular weight excluding hydrogens is 572 g/mol. The minimum Gasteiger partial charge on any atom is -0.356 e. The molecule has 2 N–H and O–H groups in total. The molecule has 0 radical (unpaired) electrons. The maximum atomic E-state index is 12.7. The van der Waals surface area contributed by atoms with Crippen molar-refractivity contribution in [3.8, 4) is 0 Å². The number of aromatic amines is 1. The predicted octanol–water partition coefficient (Wildman–Crippen LogP) is 4.98. The van der Waals surface area contributed by atoms with Gasteiger partial charge in [0.05, 0.1) is 16.4 Å². The Hall–Kier alpha value is -4.95. The molecule has 0 bridgehead atoms. The van der Waals surface area contributed by atoms with Crippen LogP contribution in [-0.2, 0) is 11.3 Å². The van der Waals surface area contributed by atoms with Crippen LogP contribution >= 0.6 is 0 Å². The lowest BCUT2D eigenvalue weighted by molar-refractivity contribution is -0.119. The average Bonchev–Trinajstić information content (AvgIpc) is 3.43. The van der Waals surface area contributed by atoms with Gasteiger partial charge in [-0.1, -0.05) is 67.6 Å². The summed E-state index contributed by atoms with van der Waals surface area (Å²) in [5, 5.41) is 4.97. The van der Waals surface area contributed by atoms with Gasteiger partial charge in [0.15, 0.2) is 6.17 Å². The van der Waals surface area contributed by atoms with Crippen LogP contribution in [0.2, 0.25) is 0 Å². The Bertz CT molecular complexity index is 2020. The van der Waals surface area contributed by atoms with Gasteiger partial charge in [0.25, 0.3) is 0 Å². The Morgan fingerprint density at radius 1 is 0.957 bits per heavy atom. The van der Waals surface area contributed by atoms with E-state index in [0.29, 0.717) is 6.54 Å². The van der Waals surface area contributed by atoms with Gasteiger partial charge >= 0.3 is 5.69 Å². The van der Waals surface area contributed by atoms with E-state index in [1.807, 2.05) is 34.9 Å². The van der Waals surface area contributed by atoms with E-state index in [4.69, 9.17) is 4.99 Å². The number of piperidine rings is 1. The number of hydrogen-bond donors (Lipinski definition) is 2. The standard InChI is InChI=1S/C38H40N6O2/c1-26(23-39-27(2)45)30-16-17-34-31(22-30)25-43(32-8-4-3-5-9-32)37(40-34)29-14-12-28(13-15-29)24-42-20-18-33(19-21-42)44-36-11-7-6-10-35(36)41-38(44)46/h3-17,22,25-26,33,37H,18-21,23-24H2,1-2H3,(H,39,45)(H,41,46). The van der Waals surface area contributed by atoms with Crippen molar-refractivity contribution in [2.45, 2.75) is 51.4 Å². The van der Waals surface area contributed by atoms with Crippen molar-refractivity contribution in [3.63, 3.8) is 0 Å². The number of imidazole rings is 1. The van der Waals surface area contributed by atoms with Crippen LogP contribution in [-0.4, -0.2) is 40.0 Å². The van der Waals surface area contributed by atoms with E-state index in [1.165, 1.54) is 11.1 Å². The minimum absolute atomic E-state index is 0.00950. The van der Waals surface area contributed by atoms with E-state index in [1.54, 1.807) is 6.92 Å². The highest BCUT2D eigenvalue weighted by Crippen LogP contribution is 2.31. The van der Waals surface area contributed by atoms with Crippen molar-refractivity contribution in [1.29, 1.82) is 0 Å². The number of amides is 1. The fraction of sp³-hybridized carbons (Fsp3) is 0.289. The van der Waals surface area contributed by atoms with Crippen molar-refractivity contribution >= 4 is 28.8 Å². The van der Waals surface area contributed by atoms with E-state index in [0.717, 1.165) is 65.3 Å². The maximum absolute atomic E-state index is 12.7. The topological polar surface area (TPSA) is 85.7 Å². The Morgan fingerprint density at radius 3 is 2.46 bits per heavy atom. The number of hydrogen-bond acceptors (Lipinski definition) is 5. The second-order valence-corrected chi connectivity index (χ2v) is 12.6. The van der Waals surface area contributed by atoms with Gasteiger partial charge in [-0.05, 0) is 71.8 Å². The number of anilines is 1. The van der Waals surface area contributed by atoms with Crippen LogP contribution in [0.5, 0.6) is 0 Å². The molecule has 1 amide bonds. The molecule has 0 aliphatic carbocycles. The highest BCUT2D eigenvalue weighted by molar-refractivity contribution is 5.75. The molecule has 1 saturated heterocycles. The summed E-state index contributed by atoms with van der Waals surface area (Å²) in [7, 11) is 0. The monoisotopic (exact) mass is 612 g/mol.